The fourth-order valence-corrected chi connectivity index (χ4v) is 2.75. The molecule has 3 rings (SSSR count). The molecule has 2 heterocycles. The van der Waals surface area contributed by atoms with Crippen molar-refractivity contribution in [3.63, 3.8) is 0 Å². The molecule has 0 spiro atoms. The zero-order chi connectivity index (χ0) is 15.7. The molecule has 1 N–H and O–H groups in total. The Morgan fingerprint density at radius 2 is 2.14 bits per heavy atom. The van der Waals surface area contributed by atoms with Crippen LogP contribution in [0.2, 0.25) is 5.02 Å². The van der Waals surface area contributed by atoms with E-state index in [4.69, 9.17) is 16.0 Å². The summed E-state index contributed by atoms with van der Waals surface area (Å²) >= 11 is 5.81. The highest BCUT2D eigenvalue weighted by Crippen LogP contribution is 2.27. The summed E-state index contributed by atoms with van der Waals surface area (Å²) in [6, 6.07) is 3.91. The Bertz CT molecular complexity index is 750. The third-order valence-corrected chi connectivity index (χ3v) is 3.98. The molecule has 1 fully saturated rings. The summed E-state index contributed by atoms with van der Waals surface area (Å²) in [5.41, 5.74) is -0.0303. The lowest BCUT2D eigenvalue weighted by Gasteiger charge is -2.30. The van der Waals surface area contributed by atoms with E-state index >= 15 is 0 Å². The molecule has 0 aliphatic carbocycles. The van der Waals surface area contributed by atoms with Crippen LogP contribution in [0.5, 0.6) is 0 Å². The average molecular weight is 326 g/mol. The van der Waals surface area contributed by atoms with Gasteiger partial charge in [0.2, 0.25) is 5.89 Å². The number of likely N-dealkylation sites (tertiary alicyclic amines) is 1. The summed E-state index contributed by atoms with van der Waals surface area (Å²) in [5.74, 6) is -1.23. The van der Waals surface area contributed by atoms with Gasteiger partial charge in [-0.3, -0.25) is 4.79 Å². The molecule has 0 bridgehead atoms. The lowest BCUT2D eigenvalue weighted by atomic mass is 9.96. The largest absolute Gasteiger partial charge is 0.434 e. The predicted octanol–water partition coefficient (Wildman–Crippen LogP) is 2.18. The van der Waals surface area contributed by atoms with E-state index in [0.29, 0.717) is 36.8 Å². The van der Waals surface area contributed by atoms with Crippen molar-refractivity contribution >= 4 is 17.5 Å². The molecule has 22 heavy (non-hydrogen) atoms. The number of carbonyl (C=O) groups is 1. The first-order chi connectivity index (χ1) is 10.5. The van der Waals surface area contributed by atoms with Gasteiger partial charge in [-0.25, -0.2) is 14.3 Å². The second-order valence-corrected chi connectivity index (χ2v) is 5.58. The van der Waals surface area contributed by atoms with Gasteiger partial charge in [-0.2, -0.15) is 0 Å². The van der Waals surface area contributed by atoms with E-state index in [-0.39, 0.29) is 17.4 Å². The second kappa shape index (κ2) is 5.92. The molecular weight excluding hydrogens is 313 g/mol. The third-order valence-electron chi connectivity index (χ3n) is 3.74. The Morgan fingerprint density at radius 1 is 1.41 bits per heavy atom. The van der Waals surface area contributed by atoms with E-state index in [1.165, 1.54) is 18.2 Å². The van der Waals surface area contributed by atoms with Crippen molar-refractivity contribution in [2.45, 2.75) is 18.8 Å². The average Bonchev–Trinajstić information content (AvgIpc) is 2.96. The summed E-state index contributed by atoms with van der Waals surface area (Å²) in [6.07, 6.45) is 1.20. The maximum Gasteiger partial charge on any atom is 0.434 e. The Labute approximate surface area is 129 Å². The van der Waals surface area contributed by atoms with Crippen LogP contribution in [-0.4, -0.2) is 34.1 Å². The number of H-pyrrole nitrogens is 1. The first-order valence-corrected chi connectivity index (χ1v) is 7.22. The maximum atomic E-state index is 13.7. The number of piperidine rings is 1. The number of aromatic nitrogens is 2. The van der Waals surface area contributed by atoms with Crippen molar-refractivity contribution in [1.82, 2.24) is 15.1 Å². The van der Waals surface area contributed by atoms with Crippen LogP contribution < -0.4 is 5.76 Å². The van der Waals surface area contributed by atoms with Gasteiger partial charge in [0.15, 0.2) is 0 Å². The highest BCUT2D eigenvalue weighted by atomic mass is 35.5. The SMILES string of the molecule is O=C(c1cc(Cl)ccc1F)N1CCC(c2n[nH]c(=O)o2)CC1. The molecule has 8 heteroatoms. The highest BCUT2D eigenvalue weighted by Gasteiger charge is 2.28. The van der Waals surface area contributed by atoms with Crippen LogP contribution in [0.25, 0.3) is 0 Å². The van der Waals surface area contributed by atoms with E-state index in [0.717, 1.165) is 0 Å². The molecule has 1 saturated heterocycles. The minimum atomic E-state index is -0.588. The molecule has 6 nitrogen and oxygen atoms in total. The number of halogens is 2. The van der Waals surface area contributed by atoms with E-state index in [1.807, 2.05) is 0 Å². The normalized spacial score (nSPS) is 16.0. The maximum absolute atomic E-state index is 13.7. The topological polar surface area (TPSA) is 79.2 Å². The van der Waals surface area contributed by atoms with Gasteiger partial charge in [0.25, 0.3) is 5.91 Å². The first-order valence-electron chi connectivity index (χ1n) is 6.84. The Balaban J connectivity index is 1.69. The molecule has 0 saturated carbocycles. The van der Waals surface area contributed by atoms with Crippen LogP contribution in [0, 0.1) is 5.82 Å². The fraction of sp³-hybridized carbons (Fsp3) is 0.357. The van der Waals surface area contributed by atoms with Gasteiger partial charge in [-0.1, -0.05) is 11.6 Å². The zero-order valence-corrected chi connectivity index (χ0v) is 12.3. The summed E-state index contributed by atoms with van der Waals surface area (Å²) in [7, 11) is 0. The molecule has 1 amide bonds. The molecule has 1 aliphatic heterocycles. The van der Waals surface area contributed by atoms with Gasteiger partial charge >= 0.3 is 5.76 Å². The number of benzene rings is 1. The van der Waals surface area contributed by atoms with Crippen molar-refractivity contribution in [2.24, 2.45) is 0 Å². The van der Waals surface area contributed by atoms with Crippen LogP contribution in [0.1, 0.15) is 35.0 Å². The number of rotatable bonds is 2. The molecular formula is C14H13ClFN3O3. The Kier molecular flexibility index (Phi) is 3.98. The van der Waals surface area contributed by atoms with Gasteiger partial charge in [-0.15, -0.1) is 5.10 Å². The third kappa shape index (κ3) is 2.89. The smallest absolute Gasteiger partial charge is 0.392 e. The molecule has 0 atom stereocenters. The first kappa shape index (κ1) is 14.8. The monoisotopic (exact) mass is 325 g/mol. The van der Waals surface area contributed by atoms with Crippen molar-refractivity contribution in [2.75, 3.05) is 13.1 Å². The predicted molar refractivity (Wildman–Crippen MR) is 76.4 cm³/mol. The summed E-state index contributed by atoms with van der Waals surface area (Å²) in [6.45, 7) is 0.873. The molecule has 2 aromatic rings. The zero-order valence-electron chi connectivity index (χ0n) is 11.5. The number of nitrogens with one attached hydrogen (secondary N) is 1. The number of carbonyl (C=O) groups excluding carboxylic acids is 1. The van der Waals surface area contributed by atoms with E-state index in [9.17, 15) is 14.0 Å². The van der Waals surface area contributed by atoms with E-state index < -0.39 is 11.6 Å². The van der Waals surface area contributed by atoms with Crippen LogP contribution in [0.3, 0.4) is 0 Å². The number of amides is 1. The van der Waals surface area contributed by atoms with Crippen LogP contribution in [-0.2, 0) is 0 Å². The van der Waals surface area contributed by atoms with Gasteiger partial charge < -0.3 is 9.32 Å². The number of nitrogens with zero attached hydrogens (tertiary/aromatic N) is 2. The van der Waals surface area contributed by atoms with Crippen molar-refractivity contribution in [3.05, 3.63) is 51.0 Å². The van der Waals surface area contributed by atoms with E-state index in [1.54, 1.807) is 4.90 Å². The number of aromatic amines is 1. The van der Waals surface area contributed by atoms with Gasteiger partial charge in [-0.05, 0) is 31.0 Å². The fourth-order valence-electron chi connectivity index (χ4n) is 2.58. The van der Waals surface area contributed by atoms with Gasteiger partial charge in [0.05, 0.1) is 5.56 Å². The minimum Gasteiger partial charge on any atom is -0.392 e. The van der Waals surface area contributed by atoms with Crippen LogP contribution >= 0.6 is 11.6 Å². The summed E-state index contributed by atoms with van der Waals surface area (Å²) in [5, 5.41) is 6.35. The summed E-state index contributed by atoms with van der Waals surface area (Å²) in [4.78, 5) is 24.9. The summed E-state index contributed by atoms with van der Waals surface area (Å²) < 4.78 is 18.7. The Hall–Kier alpha value is -2.15. The quantitative estimate of drug-likeness (QED) is 0.917. The van der Waals surface area contributed by atoms with Crippen molar-refractivity contribution < 1.29 is 13.6 Å². The highest BCUT2D eigenvalue weighted by molar-refractivity contribution is 6.31. The lowest BCUT2D eigenvalue weighted by molar-refractivity contribution is 0.0701. The standard InChI is InChI=1S/C14H13ClFN3O3/c15-9-1-2-11(16)10(7-9)13(20)19-5-3-8(4-6-19)12-17-18-14(21)22-12/h1-2,7-8H,3-6H2,(H,18,21). The van der Waals surface area contributed by atoms with Gasteiger partial charge in [0, 0.05) is 24.0 Å². The van der Waals surface area contributed by atoms with Crippen molar-refractivity contribution in [1.29, 1.82) is 0 Å². The minimum absolute atomic E-state index is 0.0211. The second-order valence-electron chi connectivity index (χ2n) is 5.14. The molecule has 1 aromatic heterocycles. The van der Waals surface area contributed by atoms with Crippen LogP contribution in [0.15, 0.2) is 27.4 Å². The Morgan fingerprint density at radius 3 is 2.77 bits per heavy atom. The van der Waals surface area contributed by atoms with E-state index in [2.05, 4.69) is 10.2 Å². The molecule has 0 radical (unpaired) electrons. The molecule has 116 valence electrons. The van der Waals surface area contributed by atoms with Crippen molar-refractivity contribution in [3.8, 4) is 0 Å². The van der Waals surface area contributed by atoms with Gasteiger partial charge in [0.1, 0.15) is 5.82 Å². The molecule has 1 aromatic carbocycles. The molecule has 0 unspecified atom stereocenters. The van der Waals surface area contributed by atoms with Crippen LogP contribution in [0.4, 0.5) is 4.39 Å². The molecule has 1 aliphatic rings. The number of hydrogen-bond donors (Lipinski definition) is 1. The number of hydrogen-bond acceptors (Lipinski definition) is 4. The lowest BCUT2D eigenvalue weighted by Crippen LogP contribution is -2.38.